The van der Waals surface area contributed by atoms with Crippen molar-refractivity contribution in [3.63, 3.8) is 0 Å². The number of rotatable bonds is 5. The normalized spacial score (nSPS) is 19.5. The van der Waals surface area contributed by atoms with E-state index in [1.165, 1.54) is 0 Å². The third kappa shape index (κ3) is 3.96. The Labute approximate surface area is 143 Å². The summed E-state index contributed by atoms with van der Waals surface area (Å²) in [4.78, 5) is 26.2. The van der Waals surface area contributed by atoms with Crippen LogP contribution in [0.5, 0.6) is 0 Å². The molecule has 1 saturated carbocycles. The topological polar surface area (TPSA) is 69.6 Å². The van der Waals surface area contributed by atoms with Crippen molar-refractivity contribution in [2.24, 2.45) is 0 Å². The fourth-order valence-electron chi connectivity index (χ4n) is 3.57. The zero-order valence-electron chi connectivity index (χ0n) is 14.1. The molecule has 2 amide bonds. The van der Waals surface area contributed by atoms with Crippen LogP contribution in [-0.4, -0.2) is 40.5 Å². The van der Waals surface area contributed by atoms with Crippen LogP contribution in [0.1, 0.15) is 50.5 Å². The first-order chi connectivity index (χ1) is 11.6. The van der Waals surface area contributed by atoms with E-state index in [4.69, 9.17) is 0 Å². The maximum atomic E-state index is 12.2. The van der Waals surface area contributed by atoms with Gasteiger partial charge in [0.25, 0.3) is 5.91 Å². The van der Waals surface area contributed by atoms with Gasteiger partial charge < -0.3 is 15.3 Å². The van der Waals surface area contributed by atoms with Crippen LogP contribution in [0, 0.1) is 0 Å². The quantitative estimate of drug-likeness (QED) is 0.871. The van der Waals surface area contributed by atoms with Crippen molar-refractivity contribution >= 4 is 17.5 Å². The molecule has 130 valence electrons. The van der Waals surface area contributed by atoms with Gasteiger partial charge in [-0.15, -0.1) is 0 Å². The lowest BCUT2D eigenvalue weighted by molar-refractivity contribution is -0.133. The number of anilines is 1. The molecule has 5 nitrogen and oxygen atoms in total. The minimum Gasteiger partial charge on any atom is -0.380 e. The fourth-order valence-corrected chi connectivity index (χ4v) is 3.57. The molecule has 3 rings (SSSR count). The molecule has 1 aliphatic carbocycles. The zero-order chi connectivity index (χ0) is 17.0. The van der Waals surface area contributed by atoms with Gasteiger partial charge in [0.15, 0.2) is 0 Å². The zero-order valence-corrected chi connectivity index (χ0v) is 14.1. The lowest BCUT2D eigenvalue weighted by Crippen LogP contribution is -2.40. The van der Waals surface area contributed by atoms with E-state index in [1.807, 2.05) is 29.2 Å². The smallest absolute Gasteiger partial charge is 0.256 e. The summed E-state index contributed by atoms with van der Waals surface area (Å²) in [6, 6.07) is 7.55. The largest absolute Gasteiger partial charge is 0.380 e. The van der Waals surface area contributed by atoms with Gasteiger partial charge in [-0.25, -0.2) is 0 Å². The molecule has 0 atom stereocenters. The van der Waals surface area contributed by atoms with E-state index >= 15 is 0 Å². The Bertz CT molecular complexity index is 585. The second kappa shape index (κ2) is 7.34. The van der Waals surface area contributed by atoms with E-state index in [-0.39, 0.29) is 11.8 Å². The number of aryl methyl sites for hydroxylation is 1. The Morgan fingerprint density at radius 2 is 1.67 bits per heavy atom. The van der Waals surface area contributed by atoms with Gasteiger partial charge in [0.1, 0.15) is 5.60 Å². The average Bonchev–Trinajstić information content (AvgIpc) is 3.26. The van der Waals surface area contributed by atoms with Crippen LogP contribution in [0.2, 0.25) is 0 Å². The summed E-state index contributed by atoms with van der Waals surface area (Å²) in [5.41, 5.74) is 0.566. The van der Waals surface area contributed by atoms with Gasteiger partial charge in [-0.1, -0.05) is 12.1 Å². The van der Waals surface area contributed by atoms with Crippen molar-refractivity contribution in [3.8, 4) is 0 Å². The maximum absolute atomic E-state index is 12.2. The molecule has 24 heavy (non-hydrogen) atoms. The maximum Gasteiger partial charge on any atom is 0.256 e. The van der Waals surface area contributed by atoms with Crippen molar-refractivity contribution < 1.29 is 14.7 Å². The predicted octanol–water partition coefficient (Wildman–Crippen LogP) is 2.49. The second-order valence-corrected chi connectivity index (χ2v) is 6.98. The monoisotopic (exact) mass is 330 g/mol. The highest BCUT2D eigenvalue weighted by Gasteiger charge is 2.38. The number of amides is 2. The highest BCUT2D eigenvalue weighted by atomic mass is 16.3. The van der Waals surface area contributed by atoms with Crippen molar-refractivity contribution in [2.45, 2.75) is 57.0 Å². The molecule has 0 unspecified atom stereocenters. The molecular formula is C19H26N2O3. The van der Waals surface area contributed by atoms with Crippen LogP contribution < -0.4 is 5.32 Å². The van der Waals surface area contributed by atoms with Crippen LogP contribution in [0.25, 0.3) is 0 Å². The summed E-state index contributed by atoms with van der Waals surface area (Å²) in [6.07, 6.45) is 6.35. The number of nitrogens with zero attached hydrogens (tertiary/aromatic N) is 1. The molecular weight excluding hydrogens is 304 g/mol. The Morgan fingerprint density at radius 3 is 2.29 bits per heavy atom. The first-order valence-corrected chi connectivity index (χ1v) is 8.97. The van der Waals surface area contributed by atoms with Crippen LogP contribution in [-0.2, 0) is 16.0 Å². The lowest BCUT2D eigenvalue weighted by atomic mass is 10.0. The highest BCUT2D eigenvalue weighted by Crippen LogP contribution is 2.30. The molecule has 1 aliphatic heterocycles. The lowest BCUT2D eigenvalue weighted by Gasteiger charge is -2.21. The number of carbonyl (C=O) groups excluding carboxylic acids is 2. The molecule has 0 bridgehead atoms. The van der Waals surface area contributed by atoms with E-state index in [1.54, 1.807) is 0 Å². The summed E-state index contributed by atoms with van der Waals surface area (Å²) in [5, 5.41) is 13.1. The Balaban J connectivity index is 1.49. The summed E-state index contributed by atoms with van der Waals surface area (Å²) in [5.74, 6) is -0.0784. The van der Waals surface area contributed by atoms with Crippen LogP contribution in [0.3, 0.4) is 0 Å². The molecule has 1 saturated heterocycles. The van der Waals surface area contributed by atoms with Crippen LogP contribution in [0.15, 0.2) is 24.3 Å². The predicted molar refractivity (Wildman–Crippen MR) is 92.6 cm³/mol. The van der Waals surface area contributed by atoms with E-state index < -0.39 is 5.60 Å². The Hall–Kier alpha value is -1.88. The van der Waals surface area contributed by atoms with Gasteiger partial charge in [-0.05, 0) is 62.6 Å². The first-order valence-electron chi connectivity index (χ1n) is 8.97. The number of hydrogen-bond acceptors (Lipinski definition) is 3. The molecule has 2 fully saturated rings. The van der Waals surface area contributed by atoms with Gasteiger partial charge in [0.2, 0.25) is 5.91 Å². The second-order valence-electron chi connectivity index (χ2n) is 6.98. The standard InChI is InChI=1S/C19H26N2O3/c22-17(21-13-3-4-14-21)10-7-15-5-8-16(9-6-15)20-18(23)19(24)11-1-2-12-19/h5-6,8-9,24H,1-4,7,10-14H2,(H,20,23). The third-order valence-corrected chi connectivity index (χ3v) is 5.15. The number of likely N-dealkylation sites (tertiary alicyclic amines) is 1. The Kier molecular flexibility index (Phi) is 5.19. The SMILES string of the molecule is O=C(CCc1ccc(NC(=O)C2(O)CCCC2)cc1)N1CCCC1. The Morgan fingerprint density at radius 1 is 1.04 bits per heavy atom. The third-order valence-electron chi connectivity index (χ3n) is 5.15. The summed E-state index contributed by atoms with van der Waals surface area (Å²) in [6.45, 7) is 1.79. The molecule has 1 heterocycles. The first kappa shape index (κ1) is 17.0. The van der Waals surface area contributed by atoms with Gasteiger partial charge in [0, 0.05) is 25.2 Å². The summed E-state index contributed by atoms with van der Waals surface area (Å²) >= 11 is 0. The number of hydrogen-bond donors (Lipinski definition) is 2. The van der Waals surface area contributed by atoms with Crippen molar-refractivity contribution in [2.75, 3.05) is 18.4 Å². The van der Waals surface area contributed by atoms with Crippen molar-refractivity contribution in [1.29, 1.82) is 0 Å². The minimum atomic E-state index is -1.21. The minimum absolute atomic E-state index is 0.230. The van der Waals surface area contributed by atoms with E-state index in [0.29, 0.717) is 31.4 Å². The van der Waals surface area contributed by atoms with E-state index in [2.05, 4.69) is 5.32 Å². The number of benzene rings is 1. The number of nitrogens with one attached hydrogen (secondary N) is 1. The van der Waals surface area contributed by atoms with Gasteiger partial charge in [-0.2, -0.15) is 0 Å². The molecule has 0 spiro atoms. The molecule has 2 aliphatic rings. The fraction of sp³-hybridized carbons (Fsp3) is 0.579. The van der Waals surface area contributed by atoms with Crippen LogP contribution in [0.4, 0.5) is 5.69 Å². The molecule has 2 N–H and O–H groups in total. The van der Waals surface area contributed by atoms with Crippen molar-refractivity contribution in [1.82, 2.24) is 4.90 Å². The molecule has 1 aromatic rings. The molecule has 5 heteroatoms. The van der Waals surface area contributed by atoms with Gasteiger partial charge in [-0.3, -0.25) is 9.59 Å². The van der Waals surface area contributed by atoms with Gasteiger partial charge in [0.05, 0.1) is 0 Å². The highest BCUT2D eigenvalue weighted by molar-refractivity contribution is 5.97. The average molecular weight is 330 g/mol. The summed E-state index contributed by atoms with van der Waals surface area (Å²) in [7, 11) is 0. The number of carbonyl (C=O) groups is 2. The molecule has 0 aromatic heterocycles. The molecule has 1 aromatic carbocycles. The van der Waals surface area contributed by atoms with E-state index in [9.17, 15) is 14.7 Å². The van der Waals surface area contributed by atoms with Crippen LogP contribution >= 0.6 is 0 Å². The molecule has 0 radical (unpaired) electrons. The van der Waals surface area contributed by atoms with E-state index in [0.717, 1.165) is 44.3 Å². The van der Waals surface area contributed by atoms with Gasteiger partial charge >= 0.3 is 0 Å². The van der Waals surface area contributed by atoms with Crippen molar-refractivity contribution in [3.05, 3.63) is 29.8 Å². The summed E-state index contributed by atoms with van der Waals surface area (Å²) < 4.78 is 0. The number of aliphatic hydroxyl groups is 1.